The van der Waals surface area contributed by atoms with Crippen LogP contribution in [0.5, 0.6) is 5.75 Å². The topological polar surface area (TPSA) is 80.3 Å². The minimum absolute atomic E-state index is 0.196. The molecule has 3 rings (SSSR count). The molecule has 0 aliphatic carbocycles. The molecule has 0 saturated carbocycles. The molecule has 6 heteroatoms. The molecule has 0 saturated heterocycles. The number of hydrogen-bond acceptors (Lipinski definition) is 4. The summed E-state index contributed by atoms with van der Waals surface area (Å²) < 4.78 is 5.12. The summed E-state index contributed by atoms with van der Waals surface area (Å²) in [6.45, 7) is 2.78. The summed E-state index contributed by atoms with van der Waals surface area (Å²) in [4.78, 5) is 29.0. The number of amides is 2. The first-order valence-corrected chi connectivity index (χ1v) is 9.26. The van der Waals surface area contributed by atoms with Crippen molar-refractivity contribution in [2.45, 2.75) is 20.0 Å². The van der Waals surface area contributed by atoms with Crippen molar-refractivity contribution in [1.29, 1.82) is 0 Å². The molecule has 0 aliphatic rings. The first-order valence-electron chi connectivity index (χ1n) is 9.26. The normalized spacial score (nSPS) is 10.3. The molecule has 3 aromatic rings. The molecule has 0 spiro atoms. The lowest BCUT2D eigenvalue weighted by Crippen LogP contribution is -2.26. The van der Waals surface area contributed by atoms with E-state index >= 15 is 0 Å². The maximum absolute atomic E-state index is 12.5. The molecule has 2 amide bonds. The highest BCUT2D eigenvalue weighted by molar-refractivity contribution is 5.98. The van der Waals surface area contributed by atoms with E-state index in [1.807, 2.05) is 55.5 Å². The van der Waals surface area contributed by atoms with Gasteiger partial charge in [0.1, 0.15) is 11.4 Å². The van der Waals surface area contributed by atoms with E-state index < -0.39 is 0 Å². The van der Waals surface area contributed by atoms with Crippen molar-refractivity contribution in [2.75, 3.05) is 7.11 Å². The van der Waals surface area contributed by atoms with Crippen molar-refractivity contribution >= 4 is 11.8 Å². The van der Waals surface area contributed by atoms with Crippen molar-refractivity contribution in [3.63, 3.8) is 0 Å². The average Bonchev–Trinajstić information content (AvgIpc) is 2.77. The standard InChI is InChI=1S/C23H23N3O3/c1-16-5-3-4-6-19(16)15-26-22(27)18-11-12-24-21(13-18)23(28)25-14-17-7-9-20(29-2)10-8-17/h3-13H,14-15H2,1-2H3,(H,25,28)(H,26,27). The minimum Gasteiger partial charge on any atom is -0.497 e. The maximum Gasteiger partial charge on any atom is 0.270 e. The minimum atomic E-state index is -0.339. The zero-order chi connectivity index (χ0) is 20.6. The zero-order valence-corrected chi connectivity index (χ0v) is 16.4. The first-order chi connectivity index (χ1) is 14.1. The summed E-state index contributed by atoms with van der Waals surface area (Å²) in [6, 6.07) is 18.4. The van der Waals surface area contributed by atoms with Crippen LogP contribution >= 0.6 is 0 Å². The van der Waals surface area contributed by atoms with Crippen LogP contribution < -0.4 is 15.4 Å². The van der Waals surface area contributed by atoms with E-state index in [-0.39, 0.29) is 17.5 Å². The van der Waals surface area contributed by atoms with Crippen LogP contribution in [0.1, 0.15) is 37.5 Å². The summed E-state index contributed by atoms with van der Waals surface area (Å²) in [5, 5.41) is 5.69. The van der Waals surface area contributed by atoms with Gasteiger partial charge in [-0.2, -0.15) is 0 Å². The van der Waals surface area contributed by atoms with Gasteiger partial charge in [-0.3, -0.25) is 14.6 Å². The highest BCUT2D eigenvalue weighted by Gasteiger charge is 2.12. The van der Waals surface area contributed by atoms with Crippen molar-refractivity contribution in [1.82, 2.24) is 15.6 Å². The van der Waals surface area contributed by atoms with Crippen LogP contribution in [-0.4, -0.2) is 23.9 Å². The third-order valence-corrected chi connectivity index (χ3v) is 4.57. The Bertz CT molecular complexity index is 1000. The van der Waals surface area contributed by atoms with Gasteiger partial charge in [-0.1, -0.05) is 36.4 Å². The molecule has 2 N–H and O–H groups in total. The number of pyridine rings is 1. The average molecular weight is 389 g/mol. The van der Waals surface area contributed by atoms with Crippen molar-refractivity contribution < 1.29 is 14.3 Å². The second kappa shape index (κ2) is 9.50. The Morgan fingerprint density at radius 2 is 1.66 bits per heavy atom. The van der Waals surface area contributed by atoms with Gasteiger partial charge >= 0.3 is 0 Å². The monoisotopic (exact) mass is 389 g/mol. The van der Waals surface area contributed by atoms with Gasteiger partial charge in [-0.15, -0.1) is 0 Å². The predicted molar refractivity (Wildman–Crippen MR) is 111 cm³/mol. The Hall–Kier alpha value is -3.67. The molecular formula is C23H23N3O3. The SMILES string of the molecule is COc1ccc(CNC(=O)c2cc(C(=O)NCc3ccccc3C)ccn2)cc1. The molecule has 0 radical (unpaired) electrons. The largest absolute Gasteiger partial charge is 0.497 e. The fraction of sp³-hybridized carbons (Fsp3) is 0.174. The molecular weight excluding hydrogens is 366 g/mol. The number of rotatable bonds is 7. The number of ether oxygens (including phenoxy) is 1. The predicted octanol–water partition coefficient (Wildman–Crippen LogP) is 3.26. The fourth-order valence-electron chi connectivity index (χ4n) is 2.80. The lowest BCUT2D eigenvalue weighted by atomic mass is 10.1. The summed E-state index contributed by atoms with van der Waals surface area (Å²) in [5.74, 6) is 0.167. The molecule has 1 aromatic heterocycles. The second-order valence-electron chi connectivity index (χ2n) is 6.57. The quantitative estimate of drug-likeness (QED) is 0.650. The van der Waals surface area contributed by atoms with E-state index in [1.165, 1.54) is 12.3 Å². The van der Waals surface area contributed by atoms with E-state index in [1.54, 1.807) is 13.2 Å². The molecule has 29 heavy (non-hydrogen) atoms. The molecule has 0 fully saturated rings. The maximum atomic E-state index is 12.5. The molecule has 0 bridgehead atoms. The molecule has 0 unspecified atom stereocenters. The summed E-state index contributed by atoms with van der Waals surface area (Å²) in [7, 11) is 1.60. The van der Waals surface area contributed by atoms with Gasteiger partial charge in [0.2, 0.25) is 0 Å². The van der Waals surface area contributed by atoms with E-state index in [2.05, 4.69) is 15.6 Å². The van der Waals surface area contributed by atoms with Crippen LogP contribution in [0.3, 0.4) is 0 Å². The Morgan fingerprint density at radius 1 is 0.931 bits per heavy atom. The molecule has 2 aromatic carbocycles. The van der Waals surface area contributed by atoms with Gasteiger partial charge < -0.3 is 15.4 Å². The number of methoxy groups -OCH3 is 1. The van der Waals surface area contributed by atoms with E-state index in [0.29, 0.717) is 18.7 Å². The number of aromatic nitrogens is 1. The van der Waals surface area contributed by atoms with E-state index in [0.717, 1.165) is 22.4 Å². The third-order valence-electron chi connectivity index (χ3n) is 4.57. The summed E-state index contributed by atoms with van der Waals surface area (Å²) >= 11 is 0. The number of aryl methyl sites for hydroxylation is 1. The zero-order valence-electron chi connectivity index (χ0n) is 16.4. The number of carbonyl (C=O) groups excluding carboxylic acids is 2. The van der Waals surface area contributed by atoms with Crippen molar-refractivity contribution in [3.8, 4) is 5.75 Å². The Balaban J connectivity index is 1.59. The van der Waals surface area contributed by atoms with Gasteiger partial charge in [0.15, 0.2) is 0 Å². The van der Waals surface area contributed by atoms with Gasteiger partial charge in [0, 0.05) is 24.8 Å². The number of benzene rings is 2. The third kappa shape index (κ3) is 5.42. The molecule has 148 valence electrons. The highest BCUT2D eigenvalue weighted by atomic mass is 16.5. The number of nitrogens with one attached hydrogen (secondary N) is 2. The van der Waals surface area contributed by atoms with Crippen LogP contribution in [-0.2, 0) is 13.1 Å². The highest BCUT2D eigenvalue weighted by Crippen LogP contribution is 2.11. The number of nitrogens with zero attached hydrogens (tertiary/aromatic N) is 1. The lowest BCUT2D eigenvalue weighted by molar-refractivity contribution is 0.0946. The van der Waals surface area contributed by atoms with Crippen LogP contribution in [0, 0.1) is 6.92 Å². The van der Waals surface area contributed by atoms with E-state index in [9.17, 15) is 9.59 Å². The van der Waals surface area contributed by atoms with Crippen LogP contribution in [0.25, 0.3) is 0 Å². The molecule has 1 heterocycles. The van der Waals surface area contributed by atoms with Crippen LogP contribution in [0.4, 0.5) is 0 Å². The molecule has 0 aliphatic heterocycles. The Labute approximate surface area is 169 Å². The lowest BCUT2D eigenvalue weighted by Gasteiger charge is -2.09. The Kier molecular flexibility index (Phi) is 6.58. The second-order valence-corrected chi connectivity index (χ2v) is 6.57. The summed E-state index contributed by atoms with van der Waals surface area (Å²) in [6.07, 6.45) is 1.46. The van der Waals surface area contributed by atoms with Gasteiger partial charge in [0.25, 0.3) is 11.8 Å². The van der Waals surface area contributed by atoms with Crippen LogP contribution in [0.2, 0.25) is 0 Å². The summed E-state index contributed by atoms with van der Waals surface area (Å²) in [5.41, 5.74) is 3.69. The first kappa shape index (κ1) is 20.1. The van der Waals surface area contributed by atoms with Gasteiger partial charge in [-0.05, 0) is 47.9 Å². The fourth-order valence-corrected chi connectivity index (χ4v) is 2.80. The Morgan fingerprint density at radius 3 is 2.38 bits per heavy atom. The van der Waals surface area contributed by atoms with E-state index in [4.69, 9.17) is 4.74 Å². The van der Waals surface area contributed by atoms with Crippen molar-refractivity contribution in [3.05, 3.63) is 94.8 Å². The smallest absolute Gasteiger partial charge is 0.270 e. The van der Waals surface area contributed by atoms with Crippen molar-refractivity contribution in [2.24, 2.45) is 0 Å². The van der Waals surface area contributed by atoms with Gasteiger partial charge in [-0.25, -0.2) is 0 Å². The molecule has 6 nitrogen and oxygen atoms in total. The van der Waals surface area contributed by atoms with Gasteiger partial charge in [0.05, 0.1) is 7.11 Å². The number of hydrogen-bond donors (Lipinski definition) is 2. The van der Waals surface area contributed by atoms with Crippen LogP contribution in [0.15, 0.2) is 66.9 Å². The molecule has 0 atom stereocenters. The number of carbonyl (C=O) groups is 2.